The number of nitrogens with zero attached hydrogens (tertiary/aromatic N) is 2. The van der Waals surface area contributed by atoms with E-state index in [1.54, 1.807) is 0 Å². The van der Waals surface area contributed by atoms with Crippen LogP contribution in [0.3, 0.4) is 0 Å². The van der Waals surface area contributed by atoms with Crippen molar-refractivity contribution in [1.29, 1.82) is 0 Å². The average Bonchev–Trinajstić information content (AvgIpc) is 3.30. The van der Waals surface area contributed by atoms with Crippen molar-refractivity contribution < 1.29 is 14.3 Å². The summed E-state index contributed by atoms with van der Waals surface area (Å²) in [5.74, 6) is 0.671. The first-order valence-electron chi connectivity index (χ1n) is 9.01. The highest BCUT2D eigenvalue weighted by Crippen LogP contribution is 2.34. The van der Waals surface area contributed by atoms with E-state index in [-0.39, 0.29) is 11.5 Å². The van der Waals surface area contributed by atoms with Crippen molar-refractivity contribution in [3.8, 4) is 0 Å². The standard InChI is InChI=1S/C18H26N2O3S/c21-17(16-4-3-9-24-16)20-7-8-22-14-18(13-20)10-15(12-23-18)11-19-5-1-2-6-19/h3-4,9,15H,1-2,5-8,10-14H2/t15-,18+/m1/s1. The molecule has 1 amide bonds. The van der Waals surface area contributed by atoms with Gasteiger partial charge in [0.25, 0.3) is 5.91 Å². The first-order valence-corrected chi connectivity index (χ1v) is 9.89. The van der Waals surface area contributed by atoms with Crippen molar-refractivity contribution in [2.75, 3.05) is 52.5 Å². The van der Waals surface area contributed by atoms with Gasteiger partial charge in [0.15, 0.2) is 0 Å². The fourth-order valence-corrected chi connectivity index (χ4v) is 4.92. The van der Waals surface area contributed by atoms with Crippen LogP contribution in [0.5, 0.6) is 0 Å². The first kappa shape index (κ1) is 16.5. The summed E-state index contributed by atoms with van der Waals surface area (Å²) in [5, 5.41) is 1.95. The normalized spacial score (nSPS) is 31.7. The molecule has 1 spiro atoms. The highest BCUT2D eigenvalue weighted by Gasteiger charge is 2.44. The Morgan fingerprint density at radius 2 is 2.21 bits per heavy atom. The minimum atomic E-state index is -0.312. The van der Waals surface area contributed by atoms with E-state index in [0.717, 1.165) is 24.4 Å². The van der Waals surface area contributed by atoms with Gasteiger partial charge in [-0.05, 0) is 49.7 Å². The van der Waals surface area contributed by atoms with Gasteiger partial charge in [0.1, 0.15) is 5.60 Å². The summed E-state index contributed by atoms with van der Waals surface area (Å²) in [6.07, 6.45) is 3.65. The minimum absolute atomic E-state index is 0.112. The van der Waals surface area contributed by atoms with E-state index in [2.05, 4.69) is 4.90 Å². The lowest BCUT2D eigenvalue weighted by Crippen LogP contribution is -2.46. The average molecular weight is 350 g/mol. The smallest absolute Gasteiger partial charge is 0.264 e. The van der Waals surface area contributed by atoms with Crippen LogP contribution in [0, 0.1) is 5.92 Å². The molecule has 3 aliphatic heterocycles. The Labute approximate surface area is 147 Å². The first-order chi connectivity index (χ1) is 11.7. The van der Waals surface area contributed by atoms with E-state index in [4.69, 9.17) is 9.47 Å². The van der Waals surface area contributed by atoms with Gasteiger partial charge in [-0.1, -0.05) is 6.07 Å². The maximum Gasteiger partial charge on any atom is 0.264 e. The van der Waals surface area contributed by atoms with E-state index in [1.807, 2.05) is 22.4 Å². The Hall–Kier alpha value is -0.950. The molecule has 2 atom stereocenters. The van der Waals surface area contributed by atoms with Crippen molar-refractivity contribution in [2.24, 2.45) is 5.92 Å². The predicted molar refractivity (Wildman–Crippen MR) is 93.5 cm³/mol. The number of hydrogen-bond acceptors (Lipinski definition) is 5. The third-order valence-electron chi connectivity index (χ3n) is 5.37. The number of thiophene rings is 1. The van der Waals surface area contributed by atoms with Crippen LogP contribution in [0.1, 0.15) is 28.9 Å². The lowest BCUT2D eigenvalue weighted by molar-refractivity contribution is -0.0539. The molecule has 5 nitrogen and oxygen atoms in total. The fraction of sp³-hybridized carbons (Fsp3) is 0.722. The Balaban J connectivity index is 1.41. The quantitative estimate of drug-likeness (QED) is 0.837. The molecule has 6 heteroatoms. The zero-order valence-corrected chi connectivity index (χ0v) is 14.9. The molecule has 0 saturated carbocycles. The van der Waals surface area contributed by atoms with E-state index in [9.17, 15) is 4.79 Å². The van der Waals surface area contributed by atoms with Gasteiger partial charge in [0.2, 0.25) is 0 Å². The van der Waals surface area contributed by atoms with E-state index < -0.39 is 0 Å². The fourth-order valence-electron chi connectivity index (χ4n) is 4.23. The van der Waals surface area contributed by atoms with Gasteiger partial charge in [0, 0.05) is 13.1 Å². The maximum absolute atomic E-state index is 12.7. The summed E-state index contributed by atoms with van der Waals surface area (Å²) in [4.78, 5) is 18.0. The van der Waals surface area contributed by atoms with Gasteiger partial charge in [0.05, 0.1) is 31.2 Å². The predicted octanol–water partition coefficient (Wildman–Crippen LogP) is 2.09. The summed E-state index contributed by atoms with van der Waals surface area (Å²) in [5.41, 5.74) is -0.312. The van der Waals surface area contributed by atoms with Gasteiger partial charge in [-0.3, -0.25) is 4.79 Å². The van der Waals surface area contributed by atoms with Gasteiger partial charge < -0.3 is 19.3 Å². The highest BCUT2D eigenvalue weighted by molar-refractivity contribution is 7.12. The molecule has 1 aromatic heterocycles. The van der Waals surface area contributed by atoms with E-state index in [0.29, 0.717) is 32.2 Å². The van der Waals surface area contributed by atoms with Gasteiger partial charge in [-0.2, -0.15) is 0 Å². The van der Waals surface area contributed by atoms with Crippen molar-refractivity contribution >= 4 is 17.2 Å². The molecule has 3 saturated heterocycles. The largest absolute Gasteiger partial charge is 0.377 e. The van der Waals surface area contributed by atoms with Crippen LogP contribution in [0.15, 0.2) is 17.5 Å². The third-order valence-corrected chi connectivity index (χ3v) is 6.23. The second-order valence-electron chi connectivity index (χ2n) is 7.33. The van der Waals surface area contributed by atoms with Crippen LogP contribution in [0.4, 0.5) is 0 Å². The third kappa shape index (κ3) is 3.52. The maximum atomic E-state index is 12.7. The Morgan fingerprint density at radius 3 is 3.00 bits per heavy atom. The van der Waals surface area contributed by atoms with Gasteiger partial charge in [-0.15, -0.1) is 11.3 Å². The summed E-state index contributed by atoms with van der Waals surface area (Å²) in [6.45, 7) is 6.88. The zero-order valence-electron chi connectivity index (χ0n) is 14.1. The van der Waals surface area contributed by atoms with Crippen molar-refractivity contribution in [2.45, 2.75) is 24.9 Å². The molecule has 0 aromatic carbocycles. The summed E-state index contributed by atoms with van der Waals surface area (Å²) in [6, 6.07) is 3.83. The molecule has 0 aliphatic carbocycles. The summed E-state index contributed by atoms with van der Waals surface area (Å²) < 4.78 is 12.1. The van der Waals surface area contributed by atoms with E-state index >= 15 is 0 Å². The molecule has 3 aliphatic rings. The number of rotatable bonds is 3. The SMILES string of the molecule is O=C(c1cccs1)N1CCOC[C@]2(C[C@H](CN3CCCC3)CO2)C1. The number of amides is 1. The van der Waals surface area contributed by atoms with Crippen molar-refractivity contribution in [3.63, 3.8) is 0 Å². The Bertz CT molecular complexity index is 559. The zero-order chi connectivity index (χ0) is 16.4. The van der Waals surface area contributed by atoms with Crippen LogP contribution in [0.25, 0.3) is 0 Å². The molecule has 4 rings (SSSR count). The van der Waals surface area contributed by atoms with Crippen LogP contribution < -0.4 is 0 Å². The molecule has 132 valence electrons. The van der Waals surface area contributed by atoms with Crippen molar-refractivity contribution in [3.05, 3.63) is 22.4 Å². The molecule has 0 unspecified atom stereocenters. The second kappa shape index (κ2) is 7.12. The van der Waals surface area contributed by atoms with E-state index in [1.165, 1.54) is 37.3 Å². The van der Waals surface area contributed by atoms with Crippen LogP contribution in [0.2, 0.25) is 0 Å². The lowest BCUT2D eigenvalue weighted by Gasteiger charge is -2.31. The molecule has 1 aromatic rings. The van der Waals surface area contributed by atoms with Gasteiger partial charge in [-0.25, -0.2) is 0 Å². The topological polar surface area (TPSA) is 42.0 Å². The van der Waals surface area contributed by atoms with Crippen molar-refractivity contribution in [1.82, 2.24) is 9.80 Å². The number of ether oxygens (including phenoxy) is 2. The second-order valence-corrected chi connectivity index (χ2v) is 8.28. The van der Waals surface area contributed by atoms with Crippen LogP contribution in [-0.2, 0) is 9.47 Å². The van der Waals surface area contributed by atoms with Crippen LogP contribution >= 0.6 is 11.3 Å². The Morgan fingerprint density at radius 1 is 1.33 bits per heavy atom. The molecule has 0 N–H and O–H groups in total. The molecule has 24 heavy (non-hydrogen) atoms. The van der Waals surface area contributed by atoms with Crippen LogP contribution in [-0.4, -0.2) is 73.9 Å². The summed E-state index contributed by atoms with van der Waals surface area (Å²) >= 11 is 1.50. The summed E-state index contributed by atoms with van der Waals surface area (Å²) in [7, 11) is 0. The number of carbonyl (C=O) groups is 1. The number of carbonyl (C=O) groups excluding carboxylic acids is 1. The molecular weight excluding hydrogens is 324 g/mol. The van der Waals surface area contributed by atoms with Gasteiger partial charge >= 0.3 is 0 Å². The highest BCUT2D eigenvalue weighted by atomic mass is 32.1. The monoisotopic (exact) mass is 350 g/mol. The number of hydrogen-bond donors (Lipinski definition) is 0. The molecule has 0 radical (unpaired) electrons. The molecule has 0 bridgehead atoms. The molecule has 4 heterocycles. The molecular formula is C18H26N2O3S. The number of likely N-dealkylation sites (tertiary alicyclic amines) is 1. The lowest BCUT2D eigenvalue weighted by atomic mass is 9.94. The Kier molecular flexibility index (Phi) is 4.90. The minimum Gasteiger partial charge on any atom is -0.377 e. The molecule has 3 fully saturated rings.